The summed E-state index contributed by atoms with van der Waals surface area (Å²) in [6.45, 7) is 0. The first-order valence-corrected chi connectivity index (χ1v) is 5.07. The van der Waals surface area contributed by atoms with Gasteiger partial charge in [0, 0.05) is 12.0 Å². The molecule has 1 heterocycles. The Hall–Kier alpha value is -2.17. The Balaban J connectivity index is 2.15. The third-order valence-electron chi connectivity index (χ3n) is 2.22. The van der Waals surface area contributed by atoms with Crippen molar-refractivity contribution in [3.8, 4) is 11.3 Å². The summed E-state index contributed by atoms with van der Waals surface area (Å²) in [5, 5.41) is 8.52. The Kier molecular flexibility index (Phi) is 3.18. The first-order chi connectivity index (χ1) is 8.15. The van der Waals surface area contributed by atoms with E-state index >= 15 is 0 Å². The monoisotopic (exact) mass is 235 g/mol. The van der Waals surface area contributed by atoms with Crippen LogP contribution in [0.15, 0.2) is 34.9 Å². The lowest BCUT2D eigenvalue weighted by Crippen LogP contribution is -1.97. The van der Waals surface area contributed by atoms with Gasteiger partial charge in [-0.05, 0) is 12.1 Å². The van der Waals surface area contributed by atoms with Crippen LogP contribution in [0.5, 0.6) is 0 Å². The van der Waals surface area contributed by atoms with Gasteiger partial charge < -0.3 is 9.52 Å². The lowest BCUT2D eigenvalue weighted by atomic mass is 10.2. The van der Waals surface area contributed by atoms with Gasteiger partial charge in [0.15, 0.2) is 11.7 Å². The van der Waals surface area contributed by atoms with Gasteiger partial charge in [0.05, 0.1) is 12.6 Å². The smallest absolute Gasteiger partial charge is 0.303 e. The van der Waals surface area contributed by atoms with E-state index in [9.17, 15) is 9.18 Å². The van der Waals surface area contributed by atoms with E-state index in [1.807, 2.05) is 0 Å². The number of aromatic nitrogens is 1. The lowest BCUT2D eigenvalue weighted by molar-refractivity contribution is -0.137. The zero-order chi connectivity index (χ0) is 12.3. The van der Waals surface area contributed by atoms with Crippen LogP contribution in [0.2, 0.25) is 0 Å². The number of aryl methyl sites for hydroxylation is 1. The molecule has 0 unspecified atom stereocenters. The van der Waals surface area contributed by atoms with E-state index < -0.39 is 5.97 Å². The predicted octanol–water partition coefficient (Wildman–Crippen LogP) is 2.50. The highest BCUT2D eigenvalue weighted by Crippen LogP contribution is 2.21. The van der Waals surface area contributed by atoms with Gasteiger partial charge in [-0.1, -0.05) is 12.1 Å². The first-order valence-electron chi connectivity index (χ1n) is 5.07. The number of benzene rings is 1. The van der Waals surface area contributed by atoms with Gasteiger partial charge in [0.25, 0.3) is 0 Å². The number of aliphatic carboxylic acids is 1. The average Bonchev–Trinajstić information content (AvgIpc) is 2.75. The van der Waals surface area contributed by atoms with Crippen LogP contribution in [-0.2, 0) is 11.2 Å². The van der Waals surface area contributed by atoms with Crippen LogP contribution in [0, 0.1) is 5.82 Å². The van der Waals surface area contributed by atoms with E-state index in [4.69, 9.17) is 9.52 Å². The molecule has 0 saturated carbocycles. The zero-order valence-electron chi connectivity index (χ0n) is 8.89. The summed E-state index contributed by atoms with van der Waals surface area (Å²) in [6, 6.07) is 5.95. The number of nitrogens with zero attached hydrogens (tertiary/aromatic N) is 1. The van der Waals surface area contributed by atoms with Crippen LogP contribution >= 0.6 is 0 Å². The van der Waals surface area contributed by atoms with Crippen LogP contribution in [0.25, 0.3) is 11.3 Å². The molecule has 0 atom stereocenters. The third kappa shape index (κ3) is 2.90. The maximum Gasteiger partial charge on any atom is 0.303 e. The normalized spacial score (nSPS) is 10.4. The highest BCUT2D eigenvalue weighted by Gasteiger charge is 2.08. The highest BCUT2D eigenvalue weighted by molar-refractivity contribution is 5.66. The van der Waals surface area contributed by atoms with Crippen LogP contribution in [0.4, 0.5) is 4.39 Å². The fourth-order valence-corrected chi connectivity index (χ4v) is 1.41. The topological polar surface area (TPSA) is 63.3 Å². The molecule has 0 spiro atoms. The van der Waals surface area contributed by atoms with Crippen molar-refractivity contribution in [2.24, 2.45) is 0 Å². The fraction of sp³-hybridized carbons (Fsp3) is 0.167. The maximum atomic E-state index is 13.0. The molecular weight excluding hydrogens is 225 g/mol. The first kappa shape index (κ1) is 11.3. The second kappa shape index (κ2) is 4.78. The Morgan fingerprint density at radius 2 is 2.29 bits per heavy atom. The molecule has 2 aromatic rings. The Labute approximate surface area is 96.7 Å². The quantitative estimate of drug-likeness (QED) is 0.884. The van der Waals surface area contributed by atoms with Gasteiger partial charge >= 0.3 is 5.97 Å². The van der Waals surface area contributed by atoms with Crippen molar-refractivity contribution in [2.45, 2.75) is 12.8 Å². The summed E-state index contributed by atoms with van der Waals surface area (Å²) in [7, 11) is 0. The number of oxazole rings is 1. The van der Waals surface area contributed by atoms with E-state index in [-0.39, 0.29) is 18.7 Å². The minimum absolute atomic E-state index is 0.0386. The van der Waals surface area contributed by atoms with E-state index in [1.165, 1.54) is 18.3 Å². The molecule has 4 nitrogen and oxygen atoms in total. The molecular formula is C12H10FNO3. The standard InChI is InChI=1S/C12H10FNO3/c13-9-3-1-2-8(6-9)10-7-14-11(17-10)4-5-12(15)16/h1-3,6-7H,4-5H2,(H,15,16). The molecule has 5 heteroatoms. The molecule has 2 rings (SSSR count). The number of halogens is 1. The summed E-state index contributed by atoms with van der Waals surface area (Å²) in [5.41, 5.74) is 0.582. The third-order valence-corrected chi connectivity index (χ3v) is 2.22. The van der Waals surface area contributed by atoms with Crippen molar-refractivity contribution in [2.75, 3.05) is 0 Å². The lowest BCUT2D eigenvalue weighted by Gasteiger charge is -1.95. The van der Waals surface area contributed by atoms with Crippen molar-refractivity contribution < 1.29 is 18.7 Å². The van der Waals surface area contributed by atoms with E-state index in [2.05, 4.69) is 4.98 Å². The molecule has 0 amide bonds. The molecule has 1 aromatic carbocycles. The van der Waals surface area contributed by atoms with Crippen molar-refractivity contribution in [1.29, 1.82) is 0 Å². The molecule has 0 radical (unpaired) electrons. The second-order valence-electron chi connectivity index (χ2n) is 3.52. The summed E-state index contributed by atoms with van der Waals surface area (Å²) in [6.07, 6.45) is 1.65. The molecule has 0 saturated heterocycles. The second-order valence-corrected chi connectivity index (χ2v) is 3.52. The van der Waals surface area contributed by atoms with Gasteiger partial charge in [-0.3, -0.25) is 4.79 Å². The number of rotatable bonds is 4. The van der Waals surface area contributed by atoms with Gasteiger partial charge in [0.1, 0.15) is 5.82 Å². The Bertz CT molecular complexity index is 536. The van der Waals surface area contributed by atoms with E-state index in [1.54, 1.807) is 12.1 Å². The van der Waals surface area contributed by atoms with Crippen LogP contribution in [0.3, 0.4) is 0 Å². The molecule has 88 valence electrons. The Morgan fingerprint density at radius 1 is 1.47 bits per heavy atom. The van der Waals surface area contributed by atoms with Crippen LogP contribution in [-0.4, -0.2) is 16.1 Å². The molecule has 0 aliphatic rings. The van der Waals surface area contributed by atoms with Gasteiger partial charge in [-0.15, -0.1) is 0 Å². The van der Waals surface area contributed by atoms with E-state index in [0.717, 1.165) is 0 Å². The largest absolute Gasteiger partial charge is 0.481 e. The number of carbonyl (C=O) groups is 1. The minimum Gasteiger partial charge on any atom is -0.481 e. The summed E-state index contributed by atoms with van der Waals surface area (Å²) >= 11 is 0. The average molecular weight is 235 g/mol. The number of carboxylic acid groups (broad SMARTS) is 1. The fourth-order valence-electron chi connectivity index (χ4n) is 1.41. The molecule has 0 aliphatic carbocycles. The van der Waals surface area contributed by atoms with Crippen molar-refractivity contribution in [1.82, 2.24) is 4.98 Å². The molecule has 0 bridgehead atoms. The summed E-state index contributed by atoms with van der Waals surface area (Å²) in [4.78, 5) is 14.3. The van der Waals surface area contributed by atoms with Gasteiger partial charge in [0.2, 0.25) is 0 Å². The zero-order valence-corrected chi connectivity index (χ0v) is 8.89. The number of hydrogen-bond acceptors (Lipinski definition) is 3. The predicted molar refractivity (Wildman–Crippen MR) is 57.9 cm³/mol. The van der Waals surface area contributed by atoms with Crippen molar-refractivity contribution in [3.63, 3.8) is 0 Å². The maximum absolute atomic E-state index is 13.0. The minimum atomic E-state index is -0.907. The van der Waals surface area contributed by atoms with Crippen LogP contribution in [0.1, 0.15) is 12.3 Å². The molecule has 1 aromatic heterocycles. The molecule has 0 fully saturated rings. The molecule has 17 heavy (non-hydrogen) atoms. The number of carboxylic acids is 1. The molecule has 1 N–H and O–H groups in total. The summed E-state index contributed by atoms with van der Waals surface area (Å²) < 4.78 is 18.3. The van der Waals surface area contributed by atoms with Gasteiger partial charge in [-0.25, -0.2) is 9.37 Å². The van der Waals surface area contributed by atoms with Gasteiger partial charge in [-0.2, -0.15) is 0 Å². The highest BCUT2D eigenvalue weighted by atomic mass is 19.1. The van der Waals surface area contributed by atoms with Crippen molar-refractivity contribution >= 4 is 5.97 Å². The SMILES string of the molecule is O=C(O)CCc1ncc(-c2cccc(F)c2)o1. The van der Waals surface area contributed by atoms with E-state index in [0.29, 0.717) is 17.2 Å². The van der Waals surface area contributed by atoms with Crippen LogP contribution < -0.4 is 0 Å². The van der Waals surface area contributed by atoms with Crippen molar-refractivity contribution in [3.05, 3.63) is 42.2 Å². The number of hydrogen-bond donors (Lipinski definition) is 1. The Morgan fingerprint density at radius 3 is 3.00 bits per heavy atom. The summed E-state index contributed by atoms with van der Waals surface area (Å²) in [5.74, 6) is -0.488. The molecule has 0 aliphatic heterocycles.